The summed E-state index contributed by atoms with van der Waals surface area (Å²) < 4.78 is 10.4. The molecule has 0 aromatic heterocycles. The van der Waals surface area contributed by atoms with Crippen molar-refractivity contribution in [2.75, 3.05) is 13.2 Å². The van der Waals surface area contributed by atoms with Gasteiger partial charge in [0.2, 0.25) is 0 Å². The van der Waals surface area contributed by atoms with Crippen LogP contribution in [0, 0.1) is 0 Å². The van der Waals surface area contributed by atoms with Gasteiger partial charge >= 0.3 is 5.97 Å². The second kappa shape index (κ2) is 9.60. The highest BCUT2D eigenvalue weighted by Crippen LogP contribution is 2.24. The van der Waals surface area contributed by atoms with E-state index in [-0.39, 0.29) is 24.7 Å². The number of esters is 1. The Morgan fingerprint density at radius 3 is 2.36 bits per heavy atom. The second-order valence-corrected chi connectivity index (χ2v) is 8.00. The van der Waals surface area contributed by atoms with Crippen LogP contribution >= 0.6 is 11.6 Å². The molecule has 1 atom stereocenters. The van der Waals surface area contributed by atoms with Gasteiger partial charge in [0, 0.05) is 5.02 Å². The zero-order valence-electron chi connectivity index (χ0n) is 16.6. The van der Waals surface area contributed by atoms with Gasteiger partial charge in [0.25, 0.3) is 5.91 Å². The topological polar surface area (TPSA) is 64.6 Å². The predicted octanol–water partition coefficient (Wildman–Crippen LogP) is 4.44. The van der Waals surface area contributed by atoms with Crippen molar-refractivity contribution < 1.29 is 19.1 Å². The minimum Gasteiger partial charge on any atom is -0.482 e. The summed E-state index contributed by atoms with van der Waals surface area (Å²) in [5, 5.41) is 3.35. The van der Waals surface area contributed by atoms with Crippen molar-refractivity contribution in [1.29, 1.82) is 0 Å². The van der Waals surface area contributed by atoms with Gasteiger partial charge in [-0.1, -0.05) is 56.6 Å². The lowest BCUT2D eigenvalue weighted by Gasteiger charge is -2.19. The van der Waals surface area contributed by atoms with Gasteiger partial charge in [0.15, 0.2) is 13.2 Å². The van der Waals surface area contributed by atoms with Crippen LogP contribution in [0.25, 0.3) is 0 Å². The van der Waals surface area contributed by atoms with Gasteiger partial charge in [-0.3, -0.25) is 4.79 Å². The van der Waals surface area contributed by atoms with Crippen molar-refractivity contribution in [3.63, 3.8) is 0 Å². The van der Waals surface area contributed by atoms with Crippen LogP contribution in [0.1, 0.15) is 44.9 Å². The number of hydrogen-bond acceptors (Lipinski definition) is 4. The summed E-state index contributed by atoms with van der Waals surface area (Å²) in [6.45, 7) is 7.58. The molecule has 2 aromatic rings. The van der Waals surface area contributed by atoms with Gasteiger partial charge in [-0.2, -0.15) is 0 Å². The molecular weight excluding hydrogens is 378 g/mol. The number of ether oxygens (including phenoxy) is 2. The molecule has 28 heavy (non-hydrogen) atoms. The first kappa shape index (κ1) is 21.8. The number of halogens is 1. The number of benzene rings is 2. The summed E-state index contributed by atoms with van der Waals surface area (Å²) in [7, 11) is 0. The molecule has 0 aliphatic carbocycles. The number of carbonyl (C=O) groups is 2. The van der Waals surface area contributed by atoms with Gasteiger partial charge in [-0.05, 0) is 47.7 Å². The monoisotopic (exact) mass is 403 g/mol. The van der Waals surface area contributed by atoms with Crippen molar-refractivity contribution in [3.05, 3.63) is 64.7 Å². The highest BCUT2D eigenvalue weighted by Gasteiger charge is 2.14. The highest BCUT2D eigenvalue weighted by molar-refractivity contribution is 6.30. The number of nitrogens with one attached hydrogen (secondary N) is 1. The van der Waals surface area contributed by atoms with E-state index < -0.39 is 11.9 Å². The van der Waals surface area contributed by atoms with Crippen molar-refractivity contribution in [3.8, 4) is 5.75 Å². The lowest BCUT2D eigenvalue weighted by molar-refractivity contribution is -0.150. The van der Waals surface area contributed by atoms with Gasteiger partial charge < -0.3 is 14.8 Å². The molecule has 0 saturated carbocycles. The molecular formula is C22H26ClNO4. The van der Waals surface area contributed by atoms with E-state index in [1.165, 1.54) is 5.56 Å². The zero-order valence-corrected chi connectivity index (χ0v) is 17.4. The average molecular weight is 404 g/mol. The van der Waals surface area contributed by atoms with Crippen LogP contribution in [0.3, 0.4) is 0 Å². The molecule has 0 aliphatic heterocycles. The van der Waals surface area contributed by atoms with Gasteiger partial charge in [0.05, 0.1) is 6.04 Å². The van der Waals surface area contributed by atoms with Gasteiger partial charge in [-0.15, -0.1) is 0 Å². The molecule has 1 N–H and O–H groups in total. The molecule has 0 fully saturated rings. The maximum atomic E-state index is 12.0. The van der Waals surface area contributed by atoms with Crippen molar-refractivity contribution >= 4 is 23.5 Å². The molecule has 0 radical (unpaired) electrons. The minimum atomic E-state index is -0.606. The van der Waals surface area contributed by atoms with E-state index >= 15 is 0 Å². The summed E-state index contributed by atoms with van der Waals surface area (Å²) in [5.74, 6) is -0.426. The summed E-state index contributed by atoms with van der Waals surface area (Å²) in [5.41, 5.74) is 2.09. The van der Waals surface area contributed by atoms with Crippen LogP contribution in [0.4, 0.5) is 0 Å². The number of amides is 1. The van der Waals surface area contributed by atoms with Crippen LogP contribution < -0.4 is 10.1 Å². The van der Waals surface area contributed by atoms with E-state index in [4.69, 9.17) is 21.1 Å². The summed E-state index contributed by atoms with van der Waals surface area (Å²) in [4.78, 5) is 23.8. The first-order chi connectivity index (χ1) is 13.1. The lowest BCUT2D eigenvalue weighted by atomic mass is 9.87. The standard InChI is InChI=1S/C22H26ClNO4/c1-15(16-6-5-7-18(23)12-16)24-20(25)13-28-21(26)14-27-19-10-8-17(9-11-19)22(2,3)4/h5-12,15H,13-14H2,1-4H3,(H,24,25)/t15-/m0/s1. The van der Waals surface area contributed by atoms with E-state index in [2.05, 4.69) is 26.1 Å². The van der Waals surface area contributed by atoms with Crippen LogP contribution in [-0.2, 0) is 19.7 Å². The summed E-state index contributed by atoms with van der Waals surface area (Å²) >= 11 is 5.95. The fourth-order valence-electron chi connectivity index (χ4n) is 2.52. The van der Waals surface area contributed by atoms with Crippen LogP contribution in [0.15, 0.2) is 48.5 Å². The van der Waals surface area contributed by atoms with E-state index in [1.54, 1.807) is 12.1 Å². The molecule has 2 rings (SSSR count). The third-order valence-electron chi connectivity index (χ3n) is 4.17. The Hall–Kier alpha value is -2.53. The fraction of sp³-hybridized carbons (Fsp3) is 0.364. The van der Waals surface area contributed by atoms with Crippen LogP contribution in [0.5, 0.6) is 5.75 Å². The molecule has 0 unspecified atom stereocenters. The average Bonchev–Trinajstić information content (AvgIpc) is 2.64. The third-order valence-corrected chi connectivity index (χ3v) is 4.40. The van der Waals surface area contributed by atoms with E-state index in [0.717, 1.165) is 5.56 Å². The molecule has 0 bridgehead atoms. The van der Waals surface area contributed by atoms with E-state index in [0.29, 0.717) is 10.8 Å². The quantitative estimate of drug-likeness (QED) is 0.694. The third kappa shape index (κ3) is 6.89. The molecule has 0 spiro atoms. The SMILES string of the molecule is C[C@H](NC(=O)COC(=O)COc1ccc(C(C)(C)C)cc1)c1cccc(Cl)c1. The molecule has 0 heterocycles. The Morgan fingerprint density at radius 2 is 1.75 bits per heavy atom. The zero-order chi connectivity index (χ0) is 20.7. The summed E-state index contributed by atoms with van der Waals surface area (Å²) in [6.07, 6.45) is 0. The molecule has 150 valence electrons. The largest absolute Gasteiger partial charge is 0.482 e. The first-order valence-corrected chi connectivity index (χ1v) is 9.47. The lowest BCUT2D eigenvalue weighted by Crippen LogP contribution is -2.31. The molecule has 0 saturated heterocycles. The Morgan fingerprint density at radius 1 is 1.07 bits per heavy atom. The maximum absolute atomic E-state index is 12.0. The maximum Gasteiger partial charge on any atom is 0.344 e. The number of rotatable bonds is 7. The highest BCUT2D eigenvalue weighted by atomic mass is 35.5. The second-order valence-electron chi connectivity index (χ2n) is 7.57. The Kier molecular flexibility index (Phi) is 7.46. The molecule has 6 heteroatoms. The van der Waals surface area contributed by atoms with Gasteiger partial charge in [-0.25, -0.2) is 4.79 Å². The smallest absolute Gasteiger partial charge is 0.344 e. The minimum absolute atomic E-state index is 0.0487. The number of carbonyl (C=O) groups excluding carboxylic acids is 2. The van der Waals surface area contributed by atoms with Crippen molar-refractivity contribution in [2.45, 2.75) is 39.2 Å². The Bertz CT molecular complexity index is 812. The number of hydrogen-bond donors (Lipinski definition) is 1. The molecule has 0 aliphatic rings. The van der Waals surface area contributed by atoms with E-state index in [1.807, 2.05) is 43.3 Å². The molecule has 2 aromatic carbocycles. The predicted molar refractivity (Wildman–Crippen MR) is 110 cm³/mol. The molecule has 1 amide bonds. The fourth-order valence-corrected chi connectivity index (χ4v) is 2.72. The van der Waals surface area contributed by atoms with Crippen LogP contribution in [0.2, 0.25) is 5.02 Å². The molecule has 5 nitrogen and oxygen atoms in total. The normalized spacial score (nSPS) is 12.2. The van der Waals surface area contributed by atoms with Gasteiger partial charge in [0.1, 0.15) is 5.75 Å². The van der Waals surface area contributed by atoms with Crippen molar-refractivity contribution in [2.24, 2.45) is 0 Å². The van der Waals surface area contributed by atoms with E-state index in [9.17, 15) is 9.59 Å². The Balaban J connectivity index is 1.73. The van der Waals surface area contributed by atoms with Crippen LogP contribution in [-0.4, -0.2) is 25.1 Å². The Labute approximate surface area is 171 Å². The van der Waals surface area contributed by atoms with Crippen molar-refractivity contribution in [1.82, 2.24) is 5.32 Å². The first-order valence-electron chi connectivity index (χ1n) is 9.09. The summed E-state index contributed by atoms with van der Waals surface area (Å²) in [6, 6.07) is 14.5.